The quantitative estimate of drug-likeness (QED) is 0.479. The monoisotopic (exact) mass is 519 g/mol. The highest BCUT2D eigenvalue weighted by Crippen LogP contribution is 2.29. The number of carbonyl (C=O) groups excluding carboxylic acids is 2. The Hall–Kier alpha value is -3.21. The zero-order chi connectivity index (χ0) is 24.5. The molecule has 0 radical (unpaired) electrons. The van der Waals surface area contributed by atoms with Gasteiger partial charge in [0.25, 0.3) is 10.0 Å². The van der Waals surface area contributed by atoms with E-state index in [0.29, 0.717) is 11.3 Å². The fourth-order valence-electron chi connectivity index (χ4n) is 3.50. The van der Waals surface area contributed by atoms with Gasteiger partial charge in [-0.3, -0.25) is 13.9 Å². The number of amides is 1. The zero-order valence-corrected chi connectivity index (χ0v) is 20.1. The first-order valence-corrected chi connectivity index (χ1v) is 12.3. The van der Waals surface area contributed by atoms with Gasteiger partial charge in [0.15, 0.2) is 0 Å². The van der Waals surface area contributed by atoms with E-state index in [4.69, 9.17) is 23.2 Å². The Kier molecular flexibility index (Phi) is 6.74. The van der Waals surface area contributed by atoms with Crippen LogP contribution in [-0.4, -0.2) is 46.0 Å². The van der Waals surface area contributed by atoms with E-state index in [2.05, 4.69) is 15.6 Å². The van der Waals surface area contributed by atoms with E-state index in [1.165, 1.54) is 30.6 Å². The molecule has 2 atom stereocenters. The fourth-order valence-corrected chi connectivity index (χ4v) is 5.34. The maximum atomic E-state index is 13.3. The minimum Gasteiger partial charge on any atom is -0.329 e. The summed E-state index contributed by atoms with van der Waals surface area (Å²) in [6, 6.07) is 9.73. The third-order valence-electron chi connectivity index (χ3n) is 5.44. The summed E-state index contributed by atoms with van der Waals surface area (Å²) < 4.78 is 29.1. The lowest BCUT2D eigenvalue weighted by Gasteiger charge is -2.31. The molecular weight excluding hydrogens is 501 g/mol. The summed E-state index contributed by atoms with van der Waals surface area (Å²) in [5.74, 6) is -0.502. The van der Waals surface area contributed by atoms with E-state index in [0.717, 1.165) is 16.2 Å². The summed E-state index contributed by atoms with van der Waals surface area (Å²) in [6.45, 7) is 1.91. The molecule has 4 rings (SSSR count). The molecule has 176 valence electrons. The SMILES string of the molecule is CC(c1ccc(C=O)cc1)n1cc(CC2C(=O)NC=CN2S(=O)(=O)c2ccc(Cl)c(Cl)c2)nn1. The number of hydrogen-bond acceptors (Lipinski definition) is 6. The van der Waals surface area contributed by atoms with Crippen LogP contribution in [0.2, 0.25) is 10.0 Å². The highest BCUT2D eigenvalue weighted by molar-refractivity contribution is 7.89. The molecule has 34 heavy (non-hydrogen) atoms. The van der Waals surface area contributed by atoms with Gasteiger partial charge in [-0.15, -0.1) is 5.10 Å². The molecule has 1 aliphatic heterocycles. The first kappa shape index (κ1) is 23.9. The van der Waals surface area contributed by atoms with Crippen molar-refractivity contribution in [2.24, 2.45) is 0 Å². The van der Waals surface area contributed by atoms with Crippen molar-refractivity contribution < 1.29 is 18.0 Å². The van der Waals surface area contributed by atoms with Crippen LogP contribution in [0.1, 0.15) is 34.6 Å². The minimum absolute atomic E-state index is 0.00642. The largest absolute Gasteiger partial charge is 0.329 e. The molecule has 0 saturated carbocycles. The average Bonchev–Trinajstić information content (AvgIpc) is 3.30. The van der Waals surface area contributed by atoms with Crippen LogP contribution < -0.4 is 5.32 Å². The third-order valence-corrected chi connectivity index (χ3v) is 7.96. The number of hydrogen-bond donors (Lipinski definition) is 1. The van der Waals surface area contributed by atoms with Crippen molar-refractivity contribution in [2.45, 2.75) is 30.3 Å². The topological polar surface area (TPSA) is 114 Å². The van der Waals surface area contributed by atoms with Crippen molar-refractivity contribution in [3.63, 3.8) is 0 Å². The van der Waals surface area contributed by atoms with E-state index < -0.39 is 22.0 Å². The highest BCUT2D eigenvalue weighted by atomic mass is 35.5. The van der Waals surface area contributed by atoms with Gasteiger partial charge in [0.1, 0.15) is 12.3 Å². The molecule has 1 amide bonds. The Labute approximate surface area is 206 Å². The van der Waals surface area contributed by atoms with Crippen molar-refractivity contribution in [1.82, 2.24) is 24.6 Å². The van der Waals surface area contributed by atoms with Gasteiger partial charge in [-0.1, -0.05) is 52.7 Å². The number of aldehydes is 1. The summed E-state index contributed by atoms with van der Waals surface area (Å²) in [4.78, 5) is 23.4. The van der Waals surface area contributed by atoms with Gasteiger partial charge in [-0.05, 0) is 30.7 Å². The van der Waals surface area contributed by atoms with Crippen molar-refractivity contribution >= 4 is 45.4 Å². The van der Waals surface area contributed by atoms with E-state index in [1.807, 2.05) is 19.1 Å². The summed E-state index contributed by atoms with van der Waals surface area (Å²) in [6.07, 6.45) is 4.96. The second kappa shape index (κ2) is 9.57. The Balaban J connectivity index is 1.58. The van der Waals surface area contributed by atoms with Crippen LogP contribution in [0, 0.1) is 0 Å². The molecule has 1 aromatic heterocycles. The molecule has 3 aromatic rings. The molecule has 2 unspecified atom stereocenters. The molecule has 2 aromatic carbocycles. The predicted octanol–water partition coefficient (Wildman–Crippen LogP) is 3.21. The minimum atomic E-state index is -4.10. The van der Waals surface area contributed by atoms with E-state index >= 15 is 0 Å². The number of nitrogens with zero attached hydrogens (tertiary/aromatic N) is 4. The smallest absolute Gasteiger partial charge is 0.264 e. The number of sulfonamides is 1. The molecule has 1 N–H and O–H groups in total. The van der Waals surface area contributed by atoms with Gasteiger partial charge < -0.3 is 5.32 Å². The molecule has 0 bridgehead atoms. The summed E-state index contributed by atoms with van der Waals surface area (Å²) in [7, 11) is -4.10. The Morgan fingerprint density at radius 2 is 1.88 bits per heavy atom. The molecule has 2 heterocycles. The molecule has 0 aliphatic carbocycles. The van der Waals surface area contributed by atoms with Crippen LogP contribution in [-0.2, 0) is 21.2 Å². The lowest BCUT2D eigenvalue weighted by Crippen LogP contribution is -2.50. The summed E-state index contributed by atoms with van der Waals surface area (Å²) in [5, 5.41) is 11.1. The molecule has 12 heteroatoms. The average molecular weight is 520 g/mol. The van der Waals surface area contributed by atoms with Crippen LogP contribution in [0.15, 0.2) is 66.0 Å². The second-order valence-corrected chi connectivity index (χ2v) is 10.3. The Bertz CT molecular complexity index is 1370. The second-order valence-electron chi connectivity index (χ2n) is 7.61. The van der Waals surface area contributed by atoms with Crippen molar-refractivity contribution in [3.8, 4) is 0 Å². The van der Waals surface area contributed by atoms with Gasteiger partial charge in [-0.25, -0.2) is 13.1 Å². The maximum absolute atomic E-state index is 13.3. The first-order valence-electron chi connectivity index (χ1n) is 10.1. The fraction of sp³-hybridized carbons (Fsp3) is 0.182. The van der Waals surface area contributed by atoms with Gasteiger partial charge in [-0.2, -0.15) is 0 Å². The van der Waals surface area contributed by atoms with Crippen LogP contribution in [0.25, 0.3) is 0 Å². The molecule has 9 nitrogen and oxygen atoms in total. The van der Waals surface area contributed by atoms with Gasteiger partial charge in [0.05, 0.1) is 26.7 Å². The highest BCUT2D eigenvalue weighted by Gasteiger charge is 2.36. The summed E-state index contributed by atoms with van der Waals surface area (Å²) in [5.41, 5.74) is 1.90. The third kappa shape index (κ3) is 4.70. The molecular formula is C22H19Cl2N5O4S. The predicted molar refractivity (Wildman–Crippen MR) is 126 cm³/mol. The molecule has 0 spiro atoms. The standard InChI is InChI=1S/C22H19Cl2N5O4S/c1-14(16-4-2-15(13-30)3-5-16)28-12-17(26-27-28)10-21-22(31)25-8-9-29(21)34(32,33)18-6-7-19(23)20(24)11-18/h2-9,11-14,21H,10H2,1H3,(H,25,31). The number of carbonyl (C=O) groups is 2. The lowest BCUT2D eigenvalue weighted by molar-refractivity contribution is -0.124. The van der Waals surface area contributed by atoms with Crippen LogP contribution in [0.4, 0.5) is 0 Å². The lowest BCUT2D eigenvalue weighted by atomic mass is 10.1. The normalized spacial score (nSPS) is 16.9. The van der Waals surface area contributed by atoms with E-state index in [1.54, 1.807) is 23.0 Å². The van der Waals surface area contributed by atoms with E-state index in [-0.39, 0.29) is 27.4 Å². The van der Waals surface area contributed by atoms with Gasteiger partial charge in [0, 0.05) is 30.6 Å². The van der Waals surface area contributed by atoms with Crippen LogP contribution in [0.5, 0.6) is 0 Å². The van der Waals surface area contributed by atoms with E-state index in [9.17, 15) is 18.0 Å². The zero-order valence-electron chi connectivity index (χ0n) is 17.8. The van der Waals surface area contributed by atoms with Crippen molar-refractivity contribution in [3.05, 3.63) is 87.9 Å². The van der Waals surface area contributed by atoms with Crippen LogP contribution >= 0.6 is 23.2 Å². The molecule has 0 fully saturated rings. The number of nitrogens with one attached hydrogen (secondary N) is 1. The Morgan fingerprint density at radius 3 is 2.56 bits per heavy atom. The number of aromatic nitrogens is 3. The Morgan fingerprint density at radius 1 is 1.15 bits per heavy atom. The maximum Gasteiger partial charge on any atom is 0.264 e. The number of benzene rings is 2. The van der Waals surface area contributed by atoms with Gasteiger partial charge in [0.2, 0.25) is 5.91 Å². The van der Waals surface area contributed by atoms with Crippen molar-refractivity contribution in [2.75, 3.05) is 0 Å². The first-order chi connectivity index (χ1) is 16.2. The number of rotatable bonds is 7. The molecule has 0 saturated heterocycles. The van der Waals surface area contributed by atoms with Gasteiger partial charge >= 0.3 is 0 Å². The van der Waals surface area contributed by atoms with Crippen LogP contribution in [0.3, 0.4) is 0 Å². The van der Waals surface area contributed by atoms with Crippen molar-refractivity contribution in [1.29, 1.82) is 0 Å². The summed E-state index contributed by atoms with van der Waals surface area (Å²) >= 11 is 11.9. The number of halogens is 2. The molecule has 1 aliphatic rings.